The third-order valence-corrected chi connectivity index (χ3v) is 0.635. The molecule has 1 nitrogen and oxygen atoms in total. The van der Waals surface area contributed by atoms with Crippen LogP contribution in [0.15, 0.2) is 12.2 Å². The SMILES string of the molecule is C#CCOC/C=C\C. The van der Waals surface area contributed by atoms with E-state index in [9.17, 15) is 0 Å². The highest BCUT2D eigenvalue weighted by Crippen LogP contribution is 1.74. The summed E-state index contributed by atoms with van der Waals surface area (Å²) in [6, 6.07) is 0. The lowest BCUT2D eigenvalue weighted by atomic mass is 10.5. The predicted molar refractivity (Wildman–Crippen MR) is 34.5 cm³/mol. The van der Waals surface area contributed by atoms with E-state index in [1.165, 1.54) is 0 Å². The lowest BCUT2D eigenvalue weighted by molar-refractivity contribution is 0.199. The molecule has 0 aromatic carbocycles. The molecule has 0 amide bonds. The van der Waals surface area contributed by atoms with Gasteiger partial charge in [-0.2, -0.15) is 0 Å². The maximum Gasteiger partial charge on any atom is 0.107 e. The lowest BCUT2D eigenvalue weighted by Crippen LogP contribution is -1.89. The van der Waals surface area contributed by atoms with Crippen molar-refractivity contribution >= 4 is 0 Å². The summed E-state index contributed by atoms with van der Waals surface area (Å²) >= 11 is 0. The molecule has 44 valence electrons. The molecule has 0 aliphatic heterocycles. The van der Waals surface area contributed by atoms with E-state index in [2.05, 4.69) is 5.92 Å². The number of hydrogen-bond acceptors (Lipinski definition) is 1. The highest BCUT2D eigenvalue weighted by atomic mass is 16.5. The molecular weight excluding hydrogens is 100 g/mol. The Labute approximate surface area is 50.4 Å². The summed E-state index contributed by atoms with van der Waals surface area (Å²) in [7, 11) is 0. The summed E-state index contributed by atoms with van der Waals surface area (Å²) < 4.78 is 4.90. The average molecular weight is 110 g/mol. The summed E-state index contributed by atoms with van der Waals surface area (Å²) in [5.41, 5.74) is 0. The van der Waals surface area contributed by atoms with E-state index in [1.807, 2.05) is 19.1 Å². The van der Waals surface area contributed by atoms with Crippen molar-refractivity contribution in [2.45, 2.75) is 6.92 Å². The molecule has 0 unspecified atom stereocenters. The van der Waals surface area contributed by atoms with Gasteiger partial charge in [-0.25, -0.2) is 0 Å². The van der Waals surface area contributed by atoms with Crippen LogP contribution in [0.5, 0.6) is 0 Å². The Morgan fingerprint density at radius 1 is 1.75 bits per heavy atom. The first-order valence-corrected chi connectivity index (χ1v) is 2.54. The molecule has 0 fully saturated rings. The average Bonchev–Trinajstić information content (AvgIpc) is 1.81. The summed E-state index contributed by atoms with van der Waals surface area (Å²) in [5.74, 6) is 2.37. The van der Waals surface area contributed by atoms with Crippen molar-refractivity contribution in [2.24, 2.45) is 0 Å². The summed E-state index contributed by atoms with van der Waals surface area (Å²) in [6.07, 6.45) is 8.75. The van der Waals surface area contributed by atoms with Crippen LogP contribution in [0.4, 0.5) is 0 Å². The van der Waals surface area contributed by atoms with Crippen molar-refractivity contribution < 1.29 is 4.74 Å². The smallest absolute Gasteiger partial charge is 0.107 e. The fourth-order valence-electron chi connectivity index (χ4n) is 0.282. The van der Waals surface area contributed by atoms with Gasteiger partial charge < -0.3 is 4.74 Å². The zero-order valence-corrected chi connectivity index (χ0v) is 5.05. The molecule has 0 aliphatic rings. The third-order valence-electron chi connectivity index (χ3n) is 0.635. The van der Waals surface area contributed by atoms with Gasteiger partial charge in [-0.05, 0) is 6.92 Å². The highest BCUT2D eigenvalue weighted by Gasteiger charge is 1.72. The summed E-state index contributed by atoms with van der Waals surface area (Å²) in [6.45, 7) is 2.98. The van der Waals surface area contributed by atoms with E-state index in [0.29, 0.717) is 13.2 Å². The molecule has 0 atom stereocenters. The first-order valence-electron chi connectivity index (χ1n) is 2.54. The lowest BCUT2D eigenvalue weighted by Gasteiger charge is -1.89. The van der Waals surface area contributed by atoms with Crippen LogP contribution >= 0.6 is 0 Å². The van der Waals surface area contributed by atoms with Gasteiger partial charge in [0.15, 0.2) is 0 Å². The molecule has 0 radical (unpaired) electrons. The Morgan fingerprint density at radius 2 is 2.50 bits per heavy atom. The molecule has 0 aromatic rings. The van der Waals surface area contributed by atoms with Crippen molar-refractivity contribution in [1.82, 2.24) is 0 Å². The van der Waals surface area contributed by atoms with E-state index in [1.54, 1.807) is 0 Å². The fourth-order valence-corrected chi connectivity index (χ4v) is 0.282. The van der Waals surface area contributed by atoms with Gasteiger partial charge in [0.05, 0.1) is 6.61 Å². The zero-order chi connectivity index (χ0) is 6.24. The first kappa shape index (κ1) is 7.26. The second-order valence-corrected chi connectivity index (χ2v) is 1.29. The molecule has 0 N–H and O–H groups in total. The first-order chi connectivity index (χ1) is 3.91. The molecule has 0 rings (SSSR count). The monoisotopic (exact) mass is 110 g/mol. The molecule has 0 heterocycles. The summed E-state index contributed by atoms with van der Waals surface area (Å²) in [4.78, 5) is 0. The van der Waals surface area contributed by atoms with Gasteiger partial charge in [0.1, 0.15) is 6.61 Å². The minimum absolute atomic E-state index is 0.407. The molecule has 0 aliphatic carbocycles. The molecule has 0 aromatic heterocycles. The van der Waals surface area contributed by atoms with Gasteiger partial charge in [-0.15, -0.1) is 6.42 Å². The van der Waals surface area contributed by atoms with E-state index in [-0.39, 0.29) is 0 Å². The molecule has 1 heteroatoms. The van der Waals surface area contributed by atoms with Gasteiger partial charge in [0, 0.05) is 0 Å². The molecule has 0 spiro atoms. The number of hydrogen-bond donors (Lipinski definition) is 0. The van der Waals surface area contributed by atoms with Crippen LogP contribution in [-0.2, 0) is 4.74 Å². The molecule has 0 saturated carbocycles. The Hall–Kier alpha value is -0.740. The number of allylic oxidation sites excluding steroid dienone is 1. The Morgan fingerprint density at radius 3 is 3.00 bits per heavy atom. The van der Waals surface area contributed by atoms with E-state index in [4.69, 9.17) is 11.2 Å². The number of terminal acetylenes is 1. The van der Waals surface area contributed by atoms with Crippen LogP contribution in [0.25, 0.3) is 0 Å². The van der Waals surface area contributed by atoms with Crippen LogP contribution in [-0.4, -0.2) is 13.2 Å². The largest absolute Gasteiger partial charge is 0.365 e. The second-order valence-electron chi connectivity index (χ2n) is 1.29. The van der Waals surface area contributed by atoms with Crippen LogP contribution in [0, 0.1) is 12.3 Å². The van der Waals surface area contributed by atoms with Gasteiger partial charge >= 0.3 is 0 Å². The Balaban J connectivity index is 2.85. The predicted octanol–water partition coefficient (Wildman–Crippen LogP) is 1.21. The minimum Gasteiger partial charge on any atom is -0.365 e. The van der Waals surface area contributed by atoms with Gasteiger partial charge in [-0.3, -0.25) is 0 Å². The molecular formula is C7H10O. The second kappa shape index (κ2) is 6.26. The van der Waals surface area contributed by atoms with Crippen molar-refractivity contribution in [2.75, 3.05) is 13.2 Å². The fraction of sp³-hybridized carbons (Fsp3) is 0.429. The van der Waals surface area contributed by atoms with Crippen LogP contribution in [0.1, 0.15) is 6.92 Å². The molecule has 8 heavy (non-hydrogen) atoms. The topological polar surface area (TPSA) is 9.23 Å². The molecule has 0 bridgehead atoms. The van der Waals surface area contributed by atoms with Gasteiger partial charge in [0.2, 0.25) is 0 Å². The van der Waals surface area contributed by atoms with Crippen molar-refractivity contribution in [3.8, 4) is 12.3 Å². The van der Waals surface area contributed by atoms with Crippen LogP contribution in [0.3, 0.4) is 0 Å². The van der Waals surface area contributed by atoms with Crippen LogP contribution in [0.2, 0.25) is 0 Å². The Bertz CT molecular complexity index is 97.4. The maximum absolute atomic E-state index is 4.91. The zero-order valence-electron chi connectivity index (χ0n) is 5.05. The normalized spacial score (nSPS) is 9.50. The maximum atomic E-state index is 4.91. The van der Waals surface area contributed by atoms with Gasteiger partial charge in [-0.1, -0.05) is 18.1 Å². The van der Waals surface area contributed by atoms with Crippen LogP contribution < -0.4 is 0 Å². The van der Waals surface area contributed by atoms with E-state index >= 15 is 0 Å². The Kier molecular flexibility index (Phi) is 5.68. The van der Waals surface area contributed by atoms with E-state index in [0.717, 1.165) is 0 Å². The summed E-state index contributed by atoms with van der Waals surface area (Å²) in [5, 5.41) is 0. The third kappa shape index (κ3) is 5.26. The standard InChI is InChI=1S/C7H10O/c1-3-5-7-8-6-4-2/h2-3,5H,6-7H2,1H3/b5-3-. The number of ether oxygens (including phenoxy) is 1. The number of rotatable bonds is 3. The van der Waals surface area contributed by atoms with E-state index < -0.39 is 0 Å². The van der Waals surface area contributed by atoms with Crippen molar-refractivity contribution in [3.63, 3.8) is 0 Å². The highest BCUT2D eigenvalue weighted by molar-refractivity contribution is 4.84. The quantitative estimate of drug-likeness (QED) is 0.301. The van der Waals surface area contributed by atoms with Gasteiger partial charge in [0.25, 0.3) is 0 Å². The van der Waals surface area contributed by atoms with Crippen molar-refractivity contribution in [1.29, 1.82) is 0 Å². The van der Waals surface area contributed by atoms with Crippen molar-refractivity contribution in [3.05, 3.63) is 12.2 Å². The minimum atomic E-state index is 0.407. The molecule has 0 saturated heterocycles.